The molecule has 3 rings (SSSR count). The molecular weight excluding hydrogens is 248 g/mol. The molecule has 0 spiro atoms. The number of aromatic nitrogens is 1. The number of rotatable bonds is 3. The van der Waals surface area contributed by atoms with Gasteiger partial charge in [-0.3, -0.25) is 4.90 Å². The fraction of sp³-hybridized carbons (Fsp3) is 0.471. The summed E-state index contributed by atoms with van der Waals surface area (Å²) < 4.78 is 5.57. The van der Waals surface area contributed by atoms with Gasteiger partial charge in [0.2, 0.25) is 0 Å². The maximum atomic E-state index is 5.57. The molecule has 1 aliphatic heterocycles. The lowest BCUT2D eigenvalue weighted by Crippen LogP contribution is -2.33. The predicted molar refractivity (Wildman–Crippen MR) is 80.4 cm³/mol. The first kappa shape index (κ1) is 13.4. The Morgan fingerprint density at radius 2 is 2.10 bits per heavy atom. The van der Waals surface area contributed by atoms with Crippen LogP contribution in [0.3, 0.4) is 0 Å². The zero-order chi connectivity index (χ0) is 13.9. The van der Waals surface area contributed by atoms with E-state index in [-0.39, 0.29) is 0 Å². The standard InChI is InChI=1S/C17H22N2O/c1-13-7-6-10-19(11-13)12-16-14(2)18-20-17(16)15-8-4-3-5-9-15/h3-5,8-9,13H,6-7,10-12H2,1-2H3/t13-/m1/s1. The van der Waals surface area contributed by atoms with Crippen molar-refractivity contribution in [3.8, 4) is 11.3 Å². The molecule has 1 atom stereocenters. The third kappa shape index (κ3) is 2.78. The molecule has 0 unspecified atom stereocenters. The minimum absolute atomic E-state index is 0.795. The second kappa shape index (κ2) is 5.80. The maximum absolute atomic E-state index is 5.57. The highest BCUT2D eigenvalue weighted by molar-refractivity contribution is 5.61. The summed E-state index contributed by atoms with van der Waals surface area (Å²) in [5, 5.41) is 4.18. The van der Waals surface area contributed by atoms with Crippen LogP contribution in [0.4, 0.5) is 0 Å². The Kier molecular flexibility index (Phi) is 3.88. The van der Waals surface area contributed by atoms with Crippen LogP contribution in [-0.4, -0.2) is 23.1 Å². The lowest BCUT2D eigenvalue weighted by Gasteiger charge is -2.30. The van der Waals surface area contributed by atoms with Gasteiger partial charge in [-0.05, 0) is 32.2 Å². The van der Waals surface area contributed by atoms with Gasteiger partial charge in [-0.1, -0.05) is 42.4 Å². The SMILES string of the molecule is Cc1noc(-c2ccccc2)c1CN1CCC[C@@H](C)C1. The zero-order valence-electron chi connectivity index (χ0n) is 12.3. The van der Waals surface area contributed by atoms with Crippen LogP contribution in [0.25, 0.3) is 11.3 Å². The summed E-state index contributed by atoms with van der Waals surface area (Å²) in [5.74, 6) is 1.73. The average Bonchev–Trinajstić information content (AvgIpc) is 2.81. The number of benzene rings is 1. The van der Waals surface area contributed by atoms with Crippen molar-refractivity contribution in [3.05, 3.63) is 41.6 Å². The Balaban J connectivity index is 1.84. The summed E-state index contributed by atoms with van der Waals surface area (Å²) in [4.78, 5) is 2.53. The van der Waals surface area contributed by atoms with E-state index in [4.69, 9.17) is 4.52 Å². The van der Waals surface area contributed by atoms with Crippen molar-refractivity contribution in [2.24, 2.45) is 5.92 Å². The highest BCUT2D eigenvalue weighted by atomic mass is 16.5. The van der Waals surface area contributed by atoms with Gasteiger partial charge in [0.1, 0.15) is 0 Å². The van der Waals surface area contributed by atoms with Gasteiger partial charge in [-0.15, -0.1) is 0 Å². The van der Waals surface area contributed by atoms with Gasteiger partial charge < -0.3 is 4.52 Å². The molecule has 1 aromatic heterocycles. The molecule has 0 bridgehead atoms. The average molecular weight is 270 g/mol. The largest absolute Gasteiger partial charge is 0.356 e. The van der Waals surface area contributed by atoms with E-state index >= 15 is 0 Å². The van der Waals surface area contributed by atoms with Crippen LogP contribution >= 0.6 is 0 Å². The van der Waals surface area contributed by atoms with E-state index in [1.54, 1.807) is 0 Å². The Morgan fingerprint density at radius 1 is 1.30 bits per heavy atom. The molecule has 1 saturated heterocycles. The Labute approximate surface area is 120 Å². The predicted octanol–water partition coefficient (Wildman–Crippen LogP) is 3.88. The van der Waals surface area contributed by atoms with E-state index in [1.165, 1.54) is 31.5 Å². The molecule has 0 saturated carbocycles. The molecule has 20 heavy (non-hydrogen) atoms. The molecule has 0 amide bonds. The van der Waals surface area contributed by atoms with Crippen molar-refractivity contribution in [1.82, 2.24) is 10.1 Å². The van der Waals surface area contributed by atoms with Crippen LogP contribution in [0, 0.1) is 12.8 Å². The summed E-state index contributed by atoms with van der Waals surface area (Å²) >= 11 is 0. The molecule has 2 aromatic rings. The molecule has 1 aromatic carbocycles. The molecule has 0 N–H and O–H groups in total. The third-order valence-corrected chi connectivity index (χ3v) is 4.14. The van der Waals surface area contributed by atoms with E-state index in [9.17, 15) is 0 Å². The lowest BCUT2D eigenvalue weighted by atomic mass is 9.99. The van der Waals surface area contributed by atoms with Crippen molar-refractivity contribution in [2.45, 2.75) is 33.2 Å². The van der Waals surface area contributed by atoms with E-state index in [2.05, 4.69) is 29.1 Å². The minimum Gasteiger partial charge on any atom is -0.356 e. The quantitative estimate of drug-likeness (QED) is 0.847. The van der Waals surface area contributed by atoms with Gasteiger partial charge in [0.15, 0.2) is 5.76 Å². The van der Waals surface area contributed by atoms with E-state index in [0.29, 0.717) is 0 Å². The number of hydrogen-bond donors (Lipinski definition) is 0. The van der Waals surface area contributed by atoms with Gasteiger partial charge >= 0.3 is 0 Å². The first-order valence-electron chi connectivity index (χ1n) is 7.47. The van der Waals surface area contributed by atoms with E-state index in [1.807, 2.05) is 25.1 Å². The molecule has 0 radical (unpaired) electrons. The van der Waals surface area contributed by atoms with Crippen molar-refractivity contribution in [2.75, 3.05) is 13.1 Å². The van der Waals surface area contributed by atoms with Crippen LogP contribution in [-0.2, 0) is 6.54 Å². The smallest absolute Gasteiger partial charge is 0.171 e. The molecule has 1 fully saturated rings. The van der Waals surface area contributed by atoms with E-state index < -0.39 is 0 Å². The lowest BCUT2D eigenvalue weighted by molar-refractivity contribution is 0.176. The fourth-order valence-electron chi connectivity index (χ4n) is 3.05. The highest BCUT2D eigenvalue weighted by Crippen LogP contribution is 2.28. The summed E-state index contributed by atoms with van der Waals surface area (Å²) in [6.45, 7) is 7.69. The summed E-state index contributed by atoms with van der Waals surface area (Å²) in [5.41, 5.74) is 3.38. The molecular formula is C17H22N2O. The fourth-order valence-corrected chi connectivity index (χ4v) is 3.05. The Hall–Kier alpha value is -1.61. The van der Waals surface area contributed by atoms with Crippen LogP contribution in [0.5, 0.6) is 0 Å². The Morgan fingerprint density at radius 3 is 2.85 bits per heavy atom. The summed E-state index contributed by atoms with van der Waals surface area (Å²) in [6.07, 6.45) is 2.65. The monoisotopic (exact) mass is 270 g/mol. The maximum Gasteiger partial charge on any atom is 0.171 e. The number of piperidine rings is 1. The first-order valence-corrected chi connectivity index (χ1v) is 7.47. The molecule has 0 aliphatic carbocycles. The molecule has 106 valence electrons. The van der Waals surface area contributed by atoms with Gasteiger partial charge in [0.25, 0.3) is 0 Å². The van der Waals surface area contributed by atoms with Crippen LogP contribution in [0.15, 0.2) is 34.9 Å². The van der Waals surface area contributed by atoms with Gasteiger partial charge in [0, 0.05) is 24.2 Å². The molecule has 3 heteroatoms. The molecule has 1 aliphatic rings. The minimum atomic E-state index is 0.795. The molecule has 2 heterocycles. The van der Waals surface area contributed by atoms with Crippen molar-refractivity contribution in [1.29, 1.82) is 0 Å². The van der Waals surface area contributed by atoms with Crippen LogP contribution in [0.2, 0.25) is 0 Å². The Bertz CT molecular complexity index is 562. The molecule has 3 nitrogen and oxygen atoms in total. The van der Waals surface area contributed by atoms with Crippen molar-refractivity contribution in [3.63, 3.8) is 0 Å². The summed E-state index contributed by atoms with van der Waals surface area (Å²) in [7, 11) is 0. The van der Waals surface area contributed by atoms with Crippen molar-refractivity contribution < 1.29 is 4.52 Å². The second-order valence-electron chi connectivity index (χ2n) is 5.92. The number of hydrogen-bond acceptors (Lipinski definition) is 3. The van der Waals surface area contributed by atoms with Crippen LogP contribution < -0.4 is 0 Å². The van der Waals surface area contributed by atoms with Crippen molar-refractivity contribution >= 4 is 0 Å². The number of nitrogens with zero attached hydrogens (tertiary/aromatic N) is 2. The van der Waals surface area contributed by atoms with Crippen LogP contribution in [0.1, 0.15) is 31.0 Å². The van der Waals surface area contributed by atoms with Gasteiger partial charge in [-0.25, -0.2) is 0 Å². The topological polar surface area (TPSA) is 29.3 Å². The van der Waals surface area contributed by atoms with E-state index in [0.717, 1.165) is 29.5 Å². The highest BCUT2D eigenvalue weighted by Gasteiger charge is 2.21. The number of aryl methyl sites for hydroxylation is 1. The normalized spacial score (nSPS) is 20.2. The number of likely N-dealkylation sites (tertiary alicyclic amines) is 1. The third-order valence-electron chi connectivity index (χ3n) is 4.14. The van der Waals surface area contributed by atoms with Gasteiger partial charge in [0.05, 0.1) is 5.69 Å². The van der Waals surface area contributed by atoms with Gasteiger partial charge in [-0.2, -0.15) is 0 Å². The first-order chi connectivity index (χ1) is 9.74. The zero-order valence-corrected chi connectivity index (χ0v) is 12.3. The second-order valence-corrected chi connectivity index (χ2v) is 5.92. The summed E-state index contributed by atoms with van der Waals surface area (Å²) in [6, 6.07) is 10.3.